The van der Waals surface area contributed by atoms with E-state index in [9.17, 15) is 9.59 Å². The number of nitriles is 1. The van der Waals surface area contributed by atoms with Gasteiger partial charge in [-0.1, -0.05) is 6.07 Å². The van der Waals surface area contributed by atoms with Gasteiger partial charge in [0.05, 0.1) is 18.2 Å². The molecule has 1 N–H and O–H groups in total. The number of hydrogen-bond acceptors (Lipinski definition) is 4. The molecule has 2 aliphatic rings. The average molecular weight is 403 g/mol. The van der Waals surface area contributed by atoms with Crippen molar-refractivity contribution in [2.75, 3.05) is 19.7 Å². The zero-order valence-corrected chi connectivity index (χ0v) is 16.8. The molecule has 1 saturated carbocycles. The summed E-state index contributed by atoms with van der Waals surface area (Å²) in [5.41, 5.74) is 1.76. The Bertz CT molecular complexity index is 960. The first-order valence-electron chi connectivity index (χ1n) is 10.5. The fourth-order valence-corrected chi connectivity index (χ4v) is 3.69. The van der Waals surface area contributed by atoms with Gasteiger partial charge in [-0.05, 0) is 68.1 Å². The SMILES string of the molecule is N#Cc1ccc(C(=O)N2CCC[C@@H](COc3cccc(C(=O)NC4CC4)c3)C2)cc1. The van der Waals surface area contributed by atoms with Crippen LogP contribution in [-0.4, -0.2) is 42.5 Å². The van der Waals surface area contributed by atoms with Gasteiger partial charge >= 0.3 is 0 Å². The van der Waals surface area contributed by atoms with Crippen molar-refractivity contribution >= 4 is 11.8 Å². The summed E-state index contributed by atoms with van der Waals surface area (Å²) in [6.45, 7) is 1.87. The van der Waals surface area contributed by atoms with Gasteiger partial charge in [0.25, 0.3) is 11.8 Å². The number of carbonyl (C=O) groups excluding carboxylic acids is 2. The summed E-state index contributed by atoms with van der Waals surface area (Å²) in [5, 5.41) is 11.9. The van der Waals surface area contributed by atoms with Crippen LogP contribution in [0.25, 0.3) is 0 Å². The molecule has 4 rings (SSSR count). The summed E-state index contributed by atoms with van der Waals surface area (Å²) in [5.74, 6) is 0.849. The molecule has 0 spiro atoms. The number of rotatable bonds is 6. The van der Waals surface area contributed by atoms with Crippen molar-refractivity contribution in [3.8, 4) is 11.8 Å². The van der Waals surface area contributed by atoms with Crippen LogP contribution in [0, 0.1) is 17.2 Å². The molecule has 0 bridgehead atoms. The molecule has 1 atom stereocenters. The van der Waals surface area contributed by atoms with Crippen LogP contribution < -0.4 is 10.1 Å². The molecular weight excluding hydrogens is 378 g/mol. The van der Waals surface area contributed by atoms with E-state index in [2.05, 4.69) is 11.4 Å². The highest BCUT2D eigenvalue weighted by Crippen LogP contribution is 2.23. The molecule has 2 aromatic carbocycles. The van der Waals surface area contributed by atoms with Crippen LogP contribution in [-0.2, 0) is 0 Å². The van der Waals surface area contributed by atoms with Crippen LogP contribution in [0.3, 0.4) is 0 Å². The Labute approximate surface area is 176 Å². The normalized spacial score (nSPS) is 18.4. The Morgan fingerprint density at radius 1 is 1.10 bits per heavy atom. The van der Waals surface area contributed by atoms with E-state index >= 15 is 0 Å². The molecule has 2 aromatic rings. The Morgan fingerprint density at radius 2 is 1.90 bits per heavy atom. The summed E-state index contributed by atoms with van der Waals surface area (Å²) in [4.78, 5) is 26.9. The molecule has 1 heterocycles. The van der Waals surface area contributed by atoms with Gasteiger partial charge in [-0.3, -0.25) is 9.59 Å². The first kappa shape index (κ1) is 20.0. The van der Waals surface area contributed by atoms with E-state index in [0.29, 0.717) is 41.6 Å². The first-order valence-corrected chi connectivity index (χ1v) is 10.5. The molecule has 2 fully saturated rings. The van der Waals surface area contributed by atoms with Crippen molar-refractivity contribution < 1.29 is 14.3 Å². The summed E-state index contributed by atoms with van der Waals surface area (Å²) in [7, 11) is 0. The van der Waals surface area contributed by atoms with Crippen molar-refractivity contribution in [2.24, 2.45) is 5.92 Å². The number of benzene rings is 2. The molecule has 6 heteroatoms. The molecule has 0 aromatic heterocycles. The zero-order valence-electron chi connectivity index (χ0n) is 16.8. The molecule has 1 aliphatic heterocycles. The van der Waals surface area contributed by atoms with Crippen LogP contribution in [0.1, 0.15) is 52.0 Å². The zero-order chi connectivity index (χ0) is 20.9. The number of nitrogens with one attached hydrogen (secondary N) is 1. The minimum atomic E-state index is -0.0557. The predicted octanol–water partition coefficient (Wildman–Crippen LogP) is 3.38. The lowest BCUT2D eigenvalue weighted by atomic mass is 9.98. The van der Waals surface area contributed by atoms with E-state index in [-0.39, 0.29) is 17.7 Å². The standard InChI is InChI=1S/C24H25N3O3/c25-14-17-6-8-19(9-7-17)24(29)27-12-2-3-18(15-27)16-30-22-5-1-4-20(13-22)23(28)26-21-10-11-21/h1,4-9,13,18,21H,2-3,10-12,15-16H2,(H,26,28)/t18-/m1/s1. The molecule has 154 valence electrons. The van der Waals surface area contributed by atoms with Crippen LogP contribution in [0.2, 0.25) is 0 Å². The molecule has 0 unspecified atom stereocenters. The summed E-state index contributed by atoms with van der Waals surface area (Å²) in [6, 6.07) is 16.4. The van der Waals surface area contributed by atoms with E-state index in [0.717, 1.165) is 32.2 Å². The maximum absolute atomic E-state index is 12.8. The number of hydrogen-bond donors (Lipinski definition) is 1. The third-order valence-electron chi connectivity index (χ3n) is 5.56. The Balaban J connectivity index is 1.32. The third kappa shape index (κ3) is 4.98. The lowest BCUT2D eigenvalue weighted by Crippen LogP contribution is -2.41. The van der Waals surface area contributed by atoms with Gasteiger partial charge in [-0.25, -0.2) is 0 Å². The first-order chi connectivity index (χ1) is 14.6. The van der Waals surface area contributed by atoms with Gasteiger partial charge in [0.15, 0.2) is 0 Å². The van der Waals surface area contributed by atoms with Crippen molar-refractivity contribution in [2.45, 2.75) is 31.7 Å². The van der Waals surface area contributed by atoms with Crippen molar-refractivity contribution in [3.63, 3.8) is 0 Å². The fraction of sp³-hybridized carbons (Fsp3) is 0.375. The number of likely N-dealkylation sites (tertiary alicyclic amines) is 1. The maximum atomic E-state index is 12.8. The molecule has 30 heavy (non-hydrogen) atoms. The minimum absolute atomic E-state index is 0.0112. The highest BCUT2D eigenvalue weighted by atomic mass is 16.5. The fourth-order valence-electron chi connectivity index (χ4n) is 3.69. The van der Waals surface area contributed by atoms with Crippen molar-refractivity contribution in [1.82, 2.24) is 10.2 Å². The van der Waals surface area contributed by atoms with Crippen LogP contribution >= 0.6 is 0 Å². The summed E-state index contributed by atoms with van der Waals surface area (Å²) < 4.78 is 5.97. The Morgan fingerprint density at radius 3 is 2.63 bits per heavy atom. The largest absolute Gasteiger partial charge is 0.493 e. The lowest BCUT2D eigenvalue weighted by molar-refractivity contribution is 0.0633. The number of amides is 2. The summed E-state index contributed by atoms with van der Waals surface area (Å²) >= 11 is 0. The molecule has 6 nitrogen and oxygen atoms in total. The smallest absolute Gasteiger partial charge is 0.253 e. The minimum Gasteiger partial charge on any atom is -0.493 e. The highest BCUT2D eigenvalue weighted by Gasteiger charge is 2.26. The van der Waals surface area contributed by atoms with Gasteiger partial charge in [0, 0.05) is 36.2 Å². The second kappa shape index (κ2) is 9.00. The van der Waals surface area contributed by atoms with Crippen LogP contribution in [0.5, 0.6) is 5.75 Å². The van der Waals surface area contributed by atoms with Gasteiger partial charge in [0.2, 0.25) is 0 Å². The van der Waals surface area contributed by atoms with Crippen LogP contribution in [0.15, 0.2) is 48.5 Å². The number of carbonyl (C=O) groups is 2. The van der Waals surface area contributed by atoms with Gasteiger partial charge in [-0.2, -0.15) is 5.26 Å². The number of ether oxygens (including phenoxy) is 1. The van der Waals surface area contributed by atoms with Gasteiger partial charge in [-0.15, -0.1) is 0 Å². The molecule has 1 aliphatic carbocycles. The highest BCUT2D eigenvalue weighted by molar-refractivity contribution is 5.95. The third-order valence-corrected chi connectivity index (χ3v) is 5.56. The topological polar surface area (TPSA) is 82.4 Å². The molecule has 0 radical (unpaired) electrons. The average Bonchev–Trinajstić information content (AvgIpc) is 3.61. The van der Waals surface area contributed by atoms with Crippen molar-refractivity contribution in [1.29, 1.82) is 5.26 Å². The van der Waals surface area contributed by atoms with E-state index in [4.69, 9.17) is 10.00 Å². The number of piperidine rings is 1. The maximum Gasteiger partial charge on any atom is 0.253 e. The van der Waals surface area contributed by atoms with E-state index in [1.807, 2.05) is 17.0 Å². The number of nitrogens with zero attached hydrogens (tertiary/aromatic N) is 2. The van der Waals surface area contributed by atoms with E-state index in [1.165, 1.54) is 0 Å². The Hall–Kier alpha value is -3.33. The quantitative estimate of drug-likeness (QED) is 0.802. The van der Waals surface area contributed by atoms with Crippen molar-refractivity contribution in [3.05, 3.63) is 65.2 Å². The van der Waals surface area contributed by atoms with Gasteiger partial charge in [0.1, 0.15) is 5.75 Å². The molecular formula is C24H25N3O3. The van der Waals surface area contributed by atoms with Gasteiger partial charge < -0.3 is 15.0 Å². The van der Waals surface area contributed by atoms with E-state index in [1.54, 1.807) is 36.4 Å². The summed E-state index contributed by atoms with van der Waals surface area (Å²) in [6.07, 6.45) is 4.04. The predicted molar refractivity (Wildman–Crippen MR) is 112 cm³/mol. The monoisotopic (exact) mass is 403 g/mol. The molecule has 1 saturated heterocycles. The molecule has 2 amide bonds. The second-order valence-corrected chi connectivity index (χ2v) is 8.04. The van der Waals surface area contributed by atoms with E-state index < -0.39 is 0 Å². The lowest BCUT2D eigenvalue weighted by Gasteiger charge is -2.32. The van der Waals surface area contributed by atoms with Crippen LogP contribution in [0.4, 0.5) is 0 Å². The Kier molecular flexibility index (Phi) is 5.99. The second-order valence-electron chi connectivity index (χ2n) is 8.04.